The van der Waals surface area contributed by atoms with Gasteiger partial charge < -0.3 is 19.3 Å². The van der Waals surface area contributed by atoms with E-state index in [-0.39, 0.29) is 17.8 Å². The van der Waals surface area contributed by atoms with Crippen LogP contribution >= 0.6 is 0 Å². The van der Waals surface area contributed by atoms with Crippen LogP contribution in [0.15, 0.2) is 18.2 Å². The zero-order valence-corrected chi connectivity index (χ0v) is 19.8. The fourth-order valence-electron chi connectivity index (χ4n) is 5.36. The standard InChI is InChI=1S/C25H33F3N2O4/c1-17(2)34-23(32)29-9-7-24(8-10-29)13-18(14-24)4-3-11-33-19-5-6-20(21(26)12-19)22(31)30-15-25(27,28)16-30/h5-6,12,17-18H,3-4,7-11,13-16H2,1-2H3. The van der Waals surface area contributed by atoms with E-state index in [0.29, 0.717) is 23.7 Å². The molecule has 0 radical (unpaired) electrons. The van der Waals surface area contributed by atoms with Crippen LogP contribution < -0.4 is 4.74 Å². The lowest BCUT2D eigenvalue weighted by Crippen LogP contribution is -2.58. The van der Waals surface area contributed by atoms with Gasteiger partial charge >= 0.3 is 6.09 Å². The monoisotopic (exact) mass is 482 g/mol. The Morgan fingerprint density at radius 1 is 1.12 bits per heavy atom. The normalized spacial score (nSPS) is 21.2. The lowest BCUT2D eigenvalue weighted by Gasteiger charge is -2.52. The van der Waals surface area contributed by atoms with Gasteiger partial charge in [0.15, 0.2) is 0 Å². The van der Waals surface area contributed by atoms with E-state index < -0.39 is 30.7 Å². The molecule has 0 N–H and O–H groups in total. The number of carbonyl (C=O) groups excluding carboxylic acids is 2. The van der Waals surface area contributed by atoms with Crippen molar-refractivity contribution in [3.63, 3.8) is 0 Å². The molecule has 2 amide bonds. The molecule has 188 valence electrons. The summed E-state index contributed by atoms with van der Waals surface area (Å²) in [5, 5.41) is 0. The first-order valence-electron chi connectivity index (χ1n) is 12.1. The third-order valence-corrected chi connectivity index (χ3v) is 7.19. The summed E-state index contributed by atoms with van der Waals surface area (Å²) in [5.74, 6) is -3.40. The van der Waals surface area contributed by atoms with Crippen molar-refractivity contribution in [2.75, 3.05) is 32.8 Å². The molecule has 6 nitrogen and oxygen atoms in total. The number of ether oxygens (including phenoxy) is 2. The third kappa shape index (κ3) is 5.61. The number of carbonyl (C=O) groups is 2. The molecule has 2 aliphatic heterocycles. The summed E-state index contributed by atoms with van der Waals surface area (Å²) in [5.41, 5.74) is 0.137. The van der Waals surface area contributed by atoms with Gasteiger partial charge in [-0.05, 0) is 75.8 Å². The van der Waals surface area contributed by atoms with E-state index in [1.807, 2.05) is 18.7 Å². The van der Waals surface area contributed by atoms with Gasteiger partial charge in [0.25, 0.3) is 11.8 Å². The topological polar surface area (TPSA) is 59.1 Å². The van der Waals surface area contributed by atoms with Crippen molar-refractivity contribution in [2.45, 2.75) is 64.4 Å². The molecule has 1 aromatic carbocycles. The summed E-state index contributed by atoms with van der Waals surface area (Å²) < 4.78 is 51.1. The summed E-state index contributed by atoms with van der Waals surface area (Å²) in [6, 6.07) is 3.94. The Balaban J connectivity index is 1.13. The van der Waals surface area contributed by atoms with Crippen molar-refractivity contribution in [1.29, 1.82) is 0 Å². The number of piperidine rings is 1. The van der Waals surface area contributed by atoms with Gasteiger partial charge in [0.05, 0.1) is 31.4 Å². The predicted molar refractivity (Wildman–Crippen MR) is 120 cm³/mol. The molecule has 1 aromatic rings. The predicted octanol–water partition coefficient (Wildman–Crippen LogP) is 5.11. The maximum Gasteiger partial charge on any atom is 0.410 e. The largest absolute Gasteiger partial charge is 0.493 e. The Hall–Kier alpha value is -2.45. The molecule has 3 fully saturated rings. The Morgan fingerprint density at radius 3 is 2.38 bits per heavy atom. The number of rotatable bonds is 7. The van der Waals surface area contributed by atoms with Crippen LogP contribution in [0, 0.1) is 17.2 Å². The van der Waals surface area contributed by atoms with Crippen LogP contribution in [-0.2, 0) is 4.74 Å². The fraction of sp³-hybridized carbons (Fsp3) is 0.680. The lowest BCUT2D eigenvalue weighted by atomic mass is 9.56. The van der Waals surface area contributed by atoms with Gasteiger partial charge in [-0.2, -0.15) is 0 Å². The molecule has 4 rings (SSSR count). The number of benzene rings is 1. The van der Waals surface area contributed by atoms with Crippen LogP contribution in [0.5, 0.6) is 5.75 Å². The van der Waals surface area contributed by atoms with Gasteiger partial charge in [-0.15, -0.1) is 0 Å². The van der Waals surface area contributed by atoms with E-state index in [4.69, 9.17) is 9.47 Å². The molecule has 0 bridgehead atoms. The van der Waals surface area contributed by atoms with E-state index in [1.54, 1.807) is 0 Å². The number of halogens is 3. The zero-order chi connectivity index (χ0) is 24.5. The van der Waals surface area contributed by atoms with Crippen LogP contribution in [0.1, 0.15) is 62.7 Å². The Labute approximate surface area is 198 Å². The Kier molecular flexibility index (Phi) is 7.01. The molecule has 2 saturated heterocycles. The van der Waals surface area contributed by atoms with Crippen molar-refractivity contribution in [1.82, 2.24) is 9.80 Å². The van der Waals surface area contributed by atoms with Crippen LogP contribution in [-0.4, -0.2) is 66.6 Å². The molecule has 9 heteroatoms. The summed E-state index contributed by atoms with van der Waals surface area (Å²) in [6.07, 6.45) is 5.94. The number of alkyl halides is 2. The third-order valence-electron chi connectivity index (χ3n) is 7.19. The lowest BCUT2D eigenvalue weighted by molar-refractivity contribution is -0.113. The smallest absolute Gasteiger partial charge is 0.410 e. The molecule has 1 aliphatic carbocycles. The minimum absolute atomic E-state index is 0.100. The average molecular weight is 483 g/mol. The van der Waals surface area contributed by atoms with Gasteiger partial charge in [0.2, 0.25) is 0 Å². The maximum absolute atomic E-state index is 14.3. The number of nitrogens with zero attached hydrogens (tertiary/aromatic N) is 2. The minimum atomic E-state index is -2.88. The van der Waals surface area contributed by atoms with Crippen molar-refractivity contribution < 1.29 is 32.2 Å². The summed E-state index contributed by atoms with van der Waals surface area (Å²) in [4.78, 5) is 26.9. The van der Waals surface area contributed by atoms with Crippen LogP contribution in [0.3, 0.4) is 0 Å². The Bertz CT molecular complexity index is 899. The van der Waals surface area contributed by atoms with Gasteiger partial charge in [-0.3, -0.25) is 4.79 Å². The summed E-state index contributed by atoms with van der Waals surface area (Å²) in [7, 11) is 0. The number of hydrogen-bond donors (Lipinski definition) is 0. The zero-order valence-electron chi connectivity index (χ0n) is 19.8. The van der Waals surface area contributed by atoms with Crippen LogP contribution in [0.2, 0.25) is 0 Å². The molecule has 0 aromatic heterocycles. The fourth-order valence-corrected chi connectivity index (χ4v) is 5.36. The first-order chi connectivity index (χ1) is 16.1. The molecule has 3 aliphatic rings. The highest BCUT2D eigenvalue weighted by Gasteiger charge is 2.47. The van der Waals surface area contributed by atoms with E-state index in [9.17, 15) is 22.8 Å². The number of hydrogen-bond acceptors (Lipinski definition) is 4. The van der Waals surface area contributed by atoms with E-state index >= 15 is 0 Å². The molecular formula is C25H33F3N2O4. The van der Waals surface area contributed by atoms with Crippen molar-refractivity contribution in [3.8, 4) is 5.75 Å². The number of amides is 2. The van der Waals surface area contributed by atoms with E-state index in [2.05, 4.69) is 0 Å². The molecule has 1 spiro atoms. The summed E-state index contributed by atoms with van der Waals surface area (Å²) in [6.45, 7) is 4.33. The second-order valence-corrected chi connectivity index (χ2v) is 10.3. The maximum atomic E-state index is 14.3. The highest BCUT2D eigenvalue weighted by atomic mass is 19.3. The summed E-state index contributed by atoms with van der Waals surface area (Å²) >= 11 is 0. The average Bonchev–Trinajstić information content (AvgIpc) is 2.73. The van der Waals surface area contributed by atoms with E-state index in [1.165, 1.54) is 25.0 Å². The van der Waals surface area contributed by atoms with Gasteiger partial charge in [0, 0.05) is 19.2 Å². The highest BCUT2D eigenvalue weighted by molar-refractivity contribution is 5.95. The first kappa shape index (κ1) is 24.7. The van der Waals surface area contributed by atoms with Crippen LogP contribution in [0.4, 0.5) is 18.0 Å². The molecule has 1 saturated carbocycles. The second-order valence-electron chi connectivity index (χ2n) is 10.3. The van der Waals surface area contributed by atoms with Gasteiger partial charge in [-0.1, -0.05) is 0 Å². The SMILES string of the molecule is CC(C)OC(=O)N1CCC2(CC1)CC(CCCOc1ccc(C(=O)N3CC(F)(F)C3)c(F)c1)C2. The molecular weight excluding hydrogens is 449 g/mol. The molecule has 2 heterocycles. The van der Waals surface area contributed by atoms with E-state index in [0.717, 1.165) is 49.7 Å². The highest BCUT2D eigenvalue weighted by Crippen LogP contribution is 2.54. The van der Waals surface area contributed by atoms with Crippen molar-refractivity contribution in [2.24, 2.45) is 11.3 Å². The molecule has 0 unspecified atom stereocenters. The number of likely N-dealkylation sites (tertiary alicyclic amines) is 2. The van der Waals surface area contributed by atoms with Crippen molar-refractivity contribution >= 4 is 12.0 Å². The quantitative estimate of drug-likeness (QED) is 0.507. The first-order valence-corrected chi connectivity index (χ1v) is 12.1. The van der Waals surface area contributed by atoms with Gasteiger partial charge in [-0.25, -0.2) is 18.0 Å². The molecule has 34 heavy (non-hydrogen) atoms. The second kappa shape index (κ2) is 9.66. The van der Waals surface area contributed by atoms with Crippen molar-refractivity contribution in [3.05, 3.63) is 29.6 Å². The Morgan fingerprint density at radius 2 is 1.79 bits per heavy atom. The molecule has 0 atom stereocenters. The van der Waals surface area contributed by atoms with Crippen LogP contribution in [0.25, 0.3) is 0 Å². The van der Waals surface area contributed by atoms with Gasteiger partial charge in [0.1, 0.15) is 11.6 Å². The minimum Gasteiger partial charge on any atom is -0.493 e.